The highest BCUT2D eigenvalue weighted by atomic mass is 32.1. The Kier molecular flexibility index (Phi) is 7.01. The van der Waals surface area contributed by atoms with E-state index in [0.29, 0.717) is 17.2 Å². The molecule has 2 aromatic rings. The maximum atomic E-state index is 13.3. The number of nitrogens with one attached hydrogen (secondary N) is 2. The summed E-state index contributed by atoms with van der Waals surface area (Å²) in [5, 5.41) is 8.06. The molecule has 1 aromatic carbocycles. The lowest BCUT2D eigenvalue weighted by molar-refractivity contribution is -0.135. The largest absolute Gasteiger partial charge is 0.341 e. The first-order valence-electron chi connectivity index (χ1n) is 9.49. The summed E-state index contributed by atoms with van der Waals surface area (Å²) >= 11 is 1.39. The molecule has 2 N–H and O–H groups in total. The summed E-state index contributed by atoms with van der Waals surface area (Å²) in [5.41, 5.74) is 1.05. The van der Waals surface area contributed by atoms with E-state index in [0.717, 1.165) is 38.0 Å². The third-order valence-corrected chi connectivity index (χ3v) is 5.82. The van der Waals surface area contributed by atoms with E-state index in [1.54, 1.807) is 6.07 Å². The number of thiophene rings is 1. The SMILES string of the molecule is CNCC1CCCN(C(=O)C(Cc2ccccc2)NC(=O)c2cccs2)C1. The van der Waals surface area contributed by atoms with E-state index >= 15 is 0 Å². The zero-order valence-corrected chi connectivity index (χ0v) is 16.5. The van der Waals surface area contributed by atoms with Crippen molar-refractivity contribution in [1.29, 1.82) is 0 Å². The molecule has 1 aromatic heterocycles. The van der Waals surface area contributed by atoms with Gasteiger partial charge in [-0.25, -0.2) is 0 Å². The summed E-state index contributed by atoms with van der Waals surface area (Å²) in [4.78, 5) is 28.4. The van der Waals surface area contributed by atoms with Crippen molar-refractivity contribution in [2.24, 2.45) is 5.92 Å². The smallest absolute Gasteiger partial charge is 0.262 e. The van der Waals surface area contributed by atoms with Gasteiger partial charge in [0, 0.05) is 19.5 Å². The molecule has 0 radical (unpaired) electrons. The van der Waals surface area contributed by atoms with Crippen LogP contribution >= 0.6 is 11.3 Å². The minimum absolute atomic E-state index is 0.0181. The Hall–Kier alpha value is -2.18. The highest BCUT2D eigenvalue weighted by Gasteiger charge is 2.30. The zero-order valence-electron chi connectivity index (χ0n) is 15.7. The lowest BCUT2D eigenvalue weighted by Gasteiger charge is -2.35. The van der Waals surface area contributed by atoms with Crippen molar-refractivity contribution >= 4 is 23.2 Å². The minimum Gasteiger partial charge on any atom is -0.341 e. The normalized spacial score (nSPS) is 18.1. The summed E-state index contributed by atoms with van der Waals surface area (Å²) in [6.45, 7) is 2.42. The van der Waals surface area contributed by atoms with Crippen LogP contribution in [0.15, 0.2) is 47.8 Å². The van der Waals surface area contributed by atoms with Gasteiger partial charge in [-0.05, 0) is 49.4 Å². The highest BCUT2D eigenvalue weighted by molar-refractivity contribution is 7.12. The Morgan fingerprint density at radius 2 is 2.04 bits per heavy atom. The van der Waals surface area contributed by atoms with E-state index in [1.165, 1.54) is 11.3 Å². The fourth-order valence-electron chi connectivity index (χ4n) is 3.63. The molecule has 2 heterocycles. The molecule has 1 aliphatic rings. The van der Waals surface area contributed by atoms with Crippen LogP contribution in [0.4, 0.5) is 0 Å². The Bertz CT molecular complexity index is 731. The molecular formula is C21H27N3O2S. The average Bonchev–Trinajstić information content (AvgIpc) is 3.23. The molecule has 5 nitrogen and oxygen atoms in total. The van der Waals surface area contributed by atoms with Crippen LogP contribution in [0.25, 0.3) is 0 Å². The van der Waals surface area contributed by atoms with Crippen molar-refractivity contribution in [3.8, 4) is 0 Å². The second-order valence-electron chi connectivity index (χ2n) is 7.04. The molecule has 0 bridgehead atoms. The van der Waals surface area contributed by atoms with Crippen LogP contribution in [0.5, 0.6) is 0 Å². The van der Waals surface area contributed by atoms with Gasteiger partial charge >= 0.3 is 0 Å². The van der Waals surface area contributed by atoms with Gasteiger partial charge in [0.25, 0.3) is 5.91 Å². The molecule has 2 atom stereocenters. The zero-order chi connectivity index (χ0) is 19.1. The van der Waals surface area contributed by atoms with Gasteiger partial charge in [-0.1, -0.05) is 36.4 Å². The van der Waals surface area contributed by atoms with Gasteiger partial charge in [-0.15, -0.1) is 11.3 Å². The predicted molar refractivity (Wildman–Crippen MR) is 109 cm³/mol. The molecule has 1 fully saturated rings. The number of hydrogen-bond acceptors (Lipinski definition) is 4. The molecule has 0 saturated carbocycles. The van der Waals surface area contributed by atoms with Gasteiger partial charge in [0.15, 0.2) is 0 Å². The third kappa shape index (κ3) is 5.40. The van der Waals surface area contributed by atoms with Crippen molar-refractivity contribution in [2.75, 3.05) is 26.7 Å². The number of likely N-dealkylation sites (tertiary alicyclic amines) is 1. The molecule has 1 saturated heterocycles. The molecule has 27 heavy (non-hydrogen) atoms. The second-order valence-corrected chi connectivity index (χ2v) is 7.99. The minimum atomic E-state index is -0.546. The van der Waals surface area contributed by atoms with Gasteiger partial charge in [0.1, 0.15) is 6.04 Å². The van der Waals surface area contributed by atoms with Crippen LogP contribution in [-0.2, 0) is 11.2 Å². The van der Waals surface area contributed by atoms with E-state index in [2.05, 4.69) is 10.6 Å². The number of amides is 2. The van der Waals surface area contributed by atoms with E-state index in [4.69, 9.17) is 0 Å². The summed E-state index contributed by atoms with van der Waals surface area (Å²) in [5.74, 6) is 0.311. The van der Waals surface area contributed by atoms with Crippen LogP contribution in [0, 0.1) is 5.92 Å². The summed E-state index contributed by atoms with van der Waals surface area (Å²) in [7, 11) is 1.94. The van der Waals surface area contributed by atoms with Gasteiger partial charge in [0.05, 0.1) is 4.88 Å². The Balaban J connectivity index is 1.73. The van der Waals surface area contributed by atoms with Gasteiger partial charge < -0.3 is 15.5 Å². The molecule has 2 unspecified atom stereocenters. The standard InChI is InChI=1S/C21H27N3O2S/c1-22-14-17-9-5-11-24(15-17)21(26)18(13-16-7-3-2-4-8-16)23-20(25)19-10-6-12-27-19/h2-4,6-8,10,12,17-18,22H,5,9,11,13-15H2,1H3,(H,23,25). The molecular weight excluding hydrogens is 358 g/mol. The topological polar surface area (TPSA) is 61.4 Å². The molecule has 144 valence electrons. The Morgan fingerprint density at radius 1 is 1.22 bits per heavy atom. The van der Waals surface area contributed by atoms with Gasteiger partial charge in [-0.2, -0.15) is 0 Å². The fraction of sp³-hybridized carbons (Fsp3) is 0.429. The number of benzene rings is 1. The first-order valence-corrected chi connectivity index (χ1v) is 10.4. The monoisotopic (exact) mass is 385 g/mol. The van der Waals surface area contributed by atoms with E-state index < -0.39 is 6.04 Å². The lowest BCUT2D eigenvalue weighted by atomic mass is 9.96. The number of carbonyl (C=O) groups excluding carboxylic acids is 2. The van der Waals surface area contributed by atoms with E-state index in [1.807, 2.05) is 53.7 Å². The maximum absolute atomic E-state index is 13.3. The quantitative estimate of drug-likeness (QED) is 0.770. The van der Waals surface area contributed by atoms with Crippen molar-refractivity contribution in [1.82, 2.24) is 15.5 Å². The van der Waals surface area contributed by atoms with E-state index in [9.17, 15) is 9.59 Å². The number of nitrogens with zero attached hydrogens (tertiary/aromatic N) is 1. The van der Waals surface area contributed by atoms with Crippen molar-refractivity contribution < 1.29 is 9.59 Å². The van der Waals surface area contributed by atoms with Crippen LogP contribution in [0.1, 0.15) is 28.1 Å². The van der Waals surface area contributed by atoms with Crippen LogP contribution in [0.2, 0.25) is 0 Å². The molecule has 0 aliphatic carbocycles. The van der Waals surface area contributed by atoms with Crippen molar-refractivity contribution in [3.05, 3.63) is 58.3 Å². The molecule has 6 heteroatoms. The third-order valence-electron chi connectivity index (χ3n) is 4.95. The number of carbonyl (C=O) groups is 2. The Morgan fingerprint density at radius 3 is 2.74 bits per heavy atom. The van der Waals surface area contributed by atoms with Crippen molar-refractivity contribution in [3.63, 3.8) is 0 Å². The fourth-order valence-corrected chi connectivity index (χ4v) is 4.25. The number of piperidine rings is 1. The number of rotatable bonds is 7. The van der Waals surface area contributed by atoms with Gasteiger partial charge in [-0.3, -0.25) is 9.59 Å². The van der Waals surface area contributed by atoms with E-state index in [-0.39, 0.29) is 11.8 Å². The average molecular weight is 386 g/mol. The molecule has 2 amide bonds. The summed E-state index contributed by atoms with van der Waals surface area (Å²) in [6, 6.07) is 13.0. The molecule has 1 aliphatic heterocycles. The first kappa shape index (κ1) is 19.6. The number of hydrogen-bond donors (Lipinski definition) is 2. The van der Waals surface area contributed by atoms with Crippen LogP contribution in [0.3, 0.4) is 0 Å². The summed E-state index contributed by atoms with van der Waals surface area (Å²) < 4.78 is 0. The lowest BCUT2D eigenvalue weighted by Crippen LogP contribution is -2.52. The highest BCUT2D eigenvalue weighted by Crippen LogP contribution is 2.18. The molecule has 0 spiro atoms. The predicted octanol–water partition coefficient (Wildman–Crippen LogP) is 2.55. The first-order chi connectivity index (χ1) is 13.2. The van der Waals surface area contributed by atoms with Crippen LogP contribution < -0.4 is 10.6 Å². The molecule has 3 rings (SSSR count). The van der Waals surface area contributed by atoms with Crippen molar-refractivity contribution in [2.45, 2.75) is 25.3 Å². The Labute approximate surface area is 164 Å². The summed E-state index contributed by atoms with van der Waals surface area (Å²) in [6.07, 6.45) is 2.65. The maximum Gasteiger partial charge on any atom is 0.262 e. The van der Waals surface area contributed by atoms with Gasteiger partial charge in [0.2, 0.25) is 5.91 Å². The van der Waals surface area contributed by atoms with Crippen LogP contribution in [-0.4, -0.2) is 49.4 Å². The second kappa shape index (κ2) is 9.67.